The lowest BCUT2D eigenvalue weighted by Gasteiger charge is -2.19. The minimum absolute atomic E-state index is 0.00761. The van der Waals surface area contributed by atoms with Crippen LogP contribution in [0.2, 0.25) is 0 Å². The summed E-state index contributed by atoms with van der Waals surface area (Å²) >= 11 is 0. The van der Waals surface area contributed by atoms with Gasteiger partial charge in [-0.25, -0.2) is 13.6 Å². The van der Waals surface area contributed by atoms with Gasteiger partial charge in [0, 0.05) is 13.1 Å². The van der Waals surface area contributed by atoms with Crippen molar-refractivity contribution in [2.75, 3.05) is 18.8 Å². The van der Waals surface area contributed by atoms with Crippen LogP contribution in [0.25, 0.3) is 0 Å². The molecule has 1 aromatic rings. The molecule has 2 N–H and O–H groups in total. The molecule has 0 saturated carbocycles. The molecule has 5 heteroatoms. The van der Waals surface area contributed by atoms with E-state index in [1.807, 2.05) is 37.3 Å². The van der Waals surface area contributed by atoms with Gasteiger partial charge in [0.1, 0.15) is 0 Å². The number of nitrogens with two attached hydrogens (primary N) is 1. The number of benzene rings is 1. The third-order valence-corrected chi connectivity index (χ3v) is 3.14. The highest BCUT2D eigenvalue weighted by Gasteiger charge is 2.08. The molecular formula is C11H18N2O2S. The van der Waals surface area contributed by atoms with Gasteiger partial charge in [-0.05, 0) is 12.1 Å². The first kappa shape index (κ1) is 13.2. The normalized spacial score (nSPS) is 11.9. The van der Waals surface area contributed by atoms with Crippen LogP contribution in [0, 0.1) is 0 Å². The van der Waals surface area contributed by atoms with E-state index in [-0.39, 0.29) is 5.75 Å². The van der Waals surface area contributed by atoms with Crippen LogP contribution in [0.1, 0.15) is 12.5 Å². The number of nitrogens with zero attached hydrogens (tertiary/aromatic N) is 1. The maximum Gasteiger partial charge on any atom is 0.210 e. The van der Waals surface area contributed by atoms with Gasteiger partial charge < -0.3 is 0 Å². The van der Waals surface area contributed by atoms with Gasteiger partial charge in [0.25, 0.3) is 0 Å². The van der Waals surface area contributed by atoms with Gasteiger partial charge in [0.15, 0.2) is 0 Å². The molecule has 0 unspecified atom stereocenters. The Bertz CT molecular complexity index is 403. The molecule has 0 aliphatic carbocycles. The summed E-state index contributed by atoms with van der Waals surface area (Å²) in [7, 11) is -3.36. The van der Waals surface area contributed by atoms with Gasteiger partial charge in [-0.15, -0.1) is 0 Å². The van der Waals surface area contributed by atoms with E-state index < -0.39 is 10.0 Å². The van der Waals surface area contributed by atoms with E-state index in [0.29, 0.717) is 6.54 Å². The highest BCUT2D eigenvalue weighted by atomic mass is 32.2. The molecule has 0 atom stereocenters. The molecule has 0 radical (unpaired) electrons. The second kappa shape index (κ2) is 5.98. The molecule has 0 amide bonds. The van der Waals surface area contributed by atoms with Crippen LogP contribution in [-0.2, 0) is 16.6 Å². The molecule has 0 fully saturated rings. The highest BCUT2D eigenvalue weighted by Crippen LogP contribution is 2.03. The predicted octanol–water partition coefficient (Wildman–Crippen LogP) is 0.797. The minimum Gasteiger partial charge on any atom is -0.298 e. The maximum atomic E-state index is 10.9. The van der Waals surface area contributed by atoms with Crippen LogP contribution in [0.3, 0.4) is 0 Å². The largest absolute Gasteiger partial charge is 0.298 e. The summed E-state index contributed by atoms with van der Waals surface area (Å²) in [6.07, 6.45) is 0. The monoisotopic (exact) mass is 242 g/mol. The van der Waals surface area contributed by atoms with Crippen LogP contribution in [-0.4, -0.2) is 32.2 Å². The van der Waals surface area contributed by atoms with E-state index in [2.05, 4.69) is 4.90 Å². The van der Waals surface area contributed by atoms with E-state index in [1.54, 1.807) is 0 Å². The number of hydrogen-bond donors (Lipinski definition) is 1. The molecule has 0 aliphatic rings. The first-order chi connectivity index (χ1) is 7.51. The summed E-state index contributed by atoms with van der Waals surface area (Å²) in [6.45, 7) is 4.05. The zero-order valence-electron chi connectivity index (χ0n) is 9.46. The molecule has 0 spiro atoms. The predicted molar refractivity (Wildman–Crippen MR) is 65.4 cm³/mol. The number of rotatable bonds is 6. The van der Waals surface area contributed by atoms with Crippen molar-refractivity contribution >= 4 is 10.0 Å². The zero-order valence-corrected chi connectivity index (χ0v) is 10.3. The molecule has 0 saturated heterocycles. The third kappa shape index (κ3) is 5.25. The van der Waals surface area contributed by atoms with Crippen molar-refractivity contribution in [1.82, 2.24) is 4.90 Å². The molecule has 0 bridgehead atoms. The summed E-state index contributed by atoms with van der Waals surface area (Å²) in [4.78, 5) is 2.06. The molecule has 0 aromatic heterocycles. The Labute approximate surface area is 97.1 Å². The van der Waals surface area contributed by atoms with Crippen molar-refractivity contribution in [3.8, 4) is 0 Å². The Hall–Kier alpha value is -0.910. The maximum absolute atomic E-state index is 10.9. The fourth-order valence-electron chi connectivity index (χ4n) is 1.45. The van der Waals surface area contributed by atoms with E-state index in [0.717, 1.165) is 13.1 Å². The van der Waals surface area contributed by atoms with Gasteiger partial charge in [-0.3, -0.25) is 4.90 Å². The van der Waals surface area contributed by atoms with Crippen molar-refractivity contribution in [2.24, 2.45) is 5.14 Å². The lowest BCUT2D eigenvalue weighted by atomic mass is 10.2. The lowest BCUT2D eigenvalue weighted by molar-refractivity contribution is 0.296. The first-order valence-electron chi connectivity index (χ1n) is 5.28. The van der Waals surface area contributed by atoms with Crippen molar-refractivity contribution in [3.05, 3.63) is 35.9 Å². The summed E-state index contributed by atoms with van der Waals surface area (Å²) in [6, 6.07) is 9.97. The smallest absolute Gasteiger partial charge is 0.210 e. The van der Waals surface area contributed by atoms with Crippen LogP contribution < -0.4 is 5.14 Å². The molecular weight excluding hydrogens is 224 g/mol. The zero-order chi connectivity index (χ0) is 12.0. The van der Waals surface area contributed by atoms with E-state index >= 15 is 0 Å². The highest BCUT2D eigenvalue weighted by molar-refractivity contribution is 7.89. The standard InChI is InChI=1S/C11H18N2O2S/c1-2-13(8-9-16(12,14)15)10-11-6-4-3-5-7-11/h3-7H,2,8-10H2,1H3,(H2,12,14,15). The molecule has 16 heavy (non-hydrogen) atoms. The Morgan fingerprint density at radius 2 is 1.88 bits per heavy atom. The van der Waals surface area contributed by atoms with Crippen molar-refractivity contribution in [2.45, 2.75) is 13.5 Å². The second-order valence-corrected chi connectivity index (χ2v) is 5.46. The van der Waals surface area contributed by atoms with Crippen LogP contribution in [0.4, 0.5) is 0 Å². The Morgan fingerprint density at radius 1 is 1.25 bits per heavy atom. The van der Waals surface area contributed by atoms with Crippen LogP contribution in [0.15, 0.2) is 30.3 Å². The molecule has 4 nitrogen and oxygen atoms in total. The van der Waals surface area contributed by atoms with E-state index in [1.165, 1.54) is 5.56 Å². The Kier molecular flexibility index (Phi) is 4.92. The summed E-state index contributed by atoms with van der Waals surface area (Å²) in [5, 5.41) is 4.98. The van der Waals surface area contributed by atoms with Gasteiger partial charge >= 0.3 is 0 Å². The van der Waals surface area contributed by atoms with Gasteiger partial charge in [0.05, 0.1) is 5.75 Å². The fraction of sp³-hybridized carbons (Fsp3) is 0.455. The SMILES string of the molecule is CCN(CCS(N)(=O)=O)Cc1ccccc1. The van der Waals surface area contributed by atoms with Crippen molar-refractivity contribution < 1.29 is 8.42 Å². The average molecular weight is 242 g/mol. The van der Waals surface area contributed by atoms with Crippen molar-refractivity contribution in [3.63, 3.8) is 0 Å². The fourth-order valence-corrected chi connectivity index (χ4v) is 1.96. The Balaban J connectivity index is 2.50. The summed E-state index contributed by atoms with van der Waals surface area (Å²) in [5.74, 6) is 0.00761. The Morgan fingerprint density at radius 3 is 2.38 bits per heavy atom. The molecule has 0 heterocycles. The lowest BCUT2D eigenvalue weighted by Crippen LogP contribution is -2.31. The van der Waals surface area contributed by atoms with E-state index in [9.17, 15) is 8.42 Å². The second-order valence-electron chi connectivity index (χ2n) is 3.72. The number of hydrogen-bond acceptors (Lipinski definition) is 3. The van der Waals surface area contributed by atoms with Crippen LogP contribution >= 0.6 is 0 Å². The quantitative estimate of drug-likeness (QED) is 0.802. The molecule has 1 aromatic carbocycles. The topological polar surface area (TPSA) is 63.4 Å². The van der Waals surface area contributed by atoms with Gasteiger partial charge in [0.2, 0.25) is 10.0 Å². The molecule has 1 rings (SSSR count). The minimum atomic E-state index is -3.36. The van der Waals surface area contributed by atoms with Crippen molar-refractivity contribution in [1.29, 1.82) is 0 Å². The number of sulfonamides is 1. The summed E-state index contributed by atoms with van der Waals surface area (Å²) in [5.41, 5.74) is 1.18. The average Bonchev–Trinajstić information content (AvgIpc) is 2.24. The van der Waals surface area contributed by atoms with Gasteiger partial charge in [-0.2, -0.15) is 0 Å². The van der Waals surface area contributed by atoms with Crippen LogP contribution in [0.5, 0.6) is 0 Å². The van der Waals surface area contributed by atoms with E-state index in [4.69, 9.17) is 5.14 Å². The first-order valence-corrected chi connectivity index (χ1v) is 6.99. The molecule has 90 valence electrons. The number of primary sulfonamides is 1. The third-order valence-electron chi connectivity index (χ3n) is 2.39. The van der Waals surface area contributed by atoms with Gasteiger partial charge in [-0.1, -0.05) is 37.3 Å². The molecule has 0 aliphatic heterocycles. The summed E-state index contributed by atoms with van der Waals surface area (Å²) < 4.78 is 21.7.